The zero-order chi connectivity index (χ0) is 11.5. The second-order valence-electron chi connectivity index (χ2n) is 4.73. The Bertz CT molecular complexity index is 386. The van der Waals surface area contributed by atoms with Crippen LogP contribution in [0.25, 0.3) is 0 Å². The molecule has 0 aromatic carbocycles. The van der Waals surface area contributed by atoms with Gasteiger partial charge in [0, 0.05) is 12.1 Å². The summed E-state index contributed by atoms with van der Waals surface area (Å²) >= 11 is 0. The average Bonchev–Trinajstić information content (AvgIpc) is 2.72. The molecule has 0 fully saturated rings. The summed E-state index contributed by atoms with van der Waals surface area (Å²) in [6.07, 6.45) is 5.85. The van der Waals surface area contributed by atoms with Crippen LogP contribution in [0.3, 0.4) is 0 Å². The predicted molar refractivity (Wildman–Crippen MR) is 64.4 cm³/mol. The third kappa shape index (κ3) is 2.01. The molecule has 0 saturated carbocycles. The molecule has 0 amide bonds. The minimum atomic E-state index is 0.0674. The van der Waals surface area contributed by atoms with Gasteiger partial charge in [-0.2, -0.15) is 0 Å². The van der Waals surface area contributed by atoms with Gasteiger partial charge in [0.15, 0.2) is 0 Å². The van der Waals surface area contributed by atoms with Crippen LogP contribution in [-0.2, 0) is 11.2 Å². The first-order valence-corrected chi connectivity index (χ1v) is 6.21. The number of rotatable bonds is 4. The molecular formula is C14H19NO. The lowest BCUT2D eigenvalue weighted by Crippen LogP contribution is -2.19. The van der Waals surface area contributed by atoms with Crippen LogP contribution in [0.1, 0.15) is 50.3 Å². The molecule has 0 bridgehead atoms. The first-order valence-electron chi connectivity index (χ1n) is 6.21. The summed E-state index contributed by atoms with van der Waals surface area (Å²) < 4.78 is 0. The van der Waals surface area contributed by atoms with Gasteiger partial charge in [0.1, 0.15) is 5.78 Å². The van der Waals surface area contributed by atoms with Gasteiger partial charge in [-0.25, -0.2) is 0 Å². The van der Waals surface area contributed by atoms with Crippen molar-refractivity contribution in [3.8, 4) is 0 Å². The Labute approximate surface area is 97.1 Å². The molecule has 0 N–H and O–H groups in total. The number of pyridine rings is 1. The summed E-state index contributed by atoms with van der Waals surface area (Å²) in [6, 6.07) is 4.06. The summed E-state index contributed by atoms with van der Waals surface area (Å²) in [4.78, 5) is 16.6. The first-order chi connectivity index (χ1) is 7.74. The van der Waals surface area contributed by atoms with Gasteiger partial charge in [-0.05, 0) is 30.9 Å². The lowest BCUT2D eigenvalue weighted by molar-refractivity contribution is -0.124. The highest BCUT2D eigenvalue weighted by Crippen LogP contribution is 2.34. The quantitative estimate of drug-likeness (QED) is 0.775. The first kappa shape index (κ1) is 11.3. The summed E-state index contributed by atoms with van der Waals surface area (Å²) in [5.74, 6) is 0.639. The average molecular weight is 217 g/mol. The van der Waals surface area contributed by atoms with Gasteiger partial charge in [-0.15, -0.1) is 0 Å². The number of carbonyl (C=O) groups is 1. The van der Waals surface area contributed by atoms with Crippen molar-refractivity contribution < 1.29 is 4.79 Å². The molecule has 1 aromatic rings. The smallest absolute Gasteiger partial charge is 0.144 e. The molecule has 2 rings (SSSR count). The van der Waals surface area contributed by atoms with Crippen LogP contribution in [0.5, 0.6) is 0 Å². The minimum Gasteiger partial charge on any atom is -0.299 e. The van der Waals surface area contributed by atoms with Gasteiger partial charge in [0.2, 0.25) is 0 Å². The standard InChI is InChI=1S/C14H19NO/c1-3-5-10(2)14(16)12-8-7-11-6-4-9-15-13(11)12/h4,6,9-10,12H,3,5,7-8H2,1-2H3. The van der Waals surface area contributed by atoms with E-state index in [2.05, 4.69) is 18.0 Å². The van der Waals surface area contributed by atoms with E-state index in [0.29, 0.717) is 5.78 Å². The Morgan fingerprint density at radius 3 is 3.19 bits per heavy atom. The number of aryl methyl sites for hydroxylation is 1. The van der Waals surface area contributed by atoms with Crippen molar-refractivity contribution in [3.63, 3.8) is 0 Å². The second kappa shape index (κ2) is 4.77. The van der Waals surface area contributed by atoms with Crippen LogP contribution in [0.2, 0.25) is 0 Å². The Kier molecular flexibility index (Phi) is 3.37. The Morgan fingerprint density at radius 2 is 2.44 bits per heavy atom. The maximum atomic E-state index is 12.3. The normalized spacial score (nSPS) is 20.5. The van der Waals surface area contributed by atoms with E-state index in [1.807, 2.05) is 13.0 Å². The van der Waals surface area contributed by atoms with Crippen LogP contribution in [0.4, 0.5) is 0 Å². The number of nitrogens with zero attached hydrogens (tertiary/aromatic N) is 1. The van der Waals surface area contributed by atoms with Crippen LogP contribution in [-0.4, -0.2) is 10.8 Å². The van der Waals surface area contributed by atoms with E-state index in [-0.39, 0.29) is 11.8 Å². The Hall–Kier alpha value is -1.18. The molecular weight excluding hydrogens is 198 g/mol. The molecule has 1 heterocycles. The van der Waals surface area contributed by atoms with E-state index in [4.69, 9.17) is 0 Å². The molecule has 2 unspecified atom stereocenters. The summed E-state index contributed by atoms with van der Waals surface area (Å²) in [5.41, 5.74) is 2.31. The number of fused-ring (bicyclic) bond motifs is 1. The molecule has 1 aliphatic carbocycles. The fourth-order valence-electron chi connectivity index (χ4n) is 2.61. The molecule has 0 spiro atoms. The number of hydrogen-bond acceptors (Lipinski definition) is 2. The van der Waals surface area contributed by atoms with Crippen molar-refractivity contribution in [2.45, 2.75) is 45.4 Å². The highest BCUT2D eigenvalue weighted by atomic mass is 16.1. The van der Waals surface area contributed by atoms with E-state index in [1.54, 1.807) is 6.20 Å². The Morgan fingerprint density at radius 1 is 1.62 bits per heavy atom. The maximum absolute atomic E-state index is 12.3. The van der Waals surface area contributed by atoms with Crippen molar-refractivity contribution in [3.05, 3.63) is 29.6 Å². The number of ketones is 1. The van der Waals surface area contributed by atoms with Gasteiger partial charge in [-0.1, -0.05) is 26.3 Å². The van der Waals surface area contributed by atoms with E-state index < -0.39 is 0 Å². The van der Waals surface area contributed by atoms with Gasteiger partial charge in [-0.3, -0.25) is 9.78 Å². The Balaban J connectivity index is 2.16. The molecule has 0 aliphatic heterocycles. The van der Waals surface area contributed by atoms with Crippen molar-refractivity contribution in [2.24, 2.45) is 5.92 Å². The third-order valence-electron chi connectivity index (χ3n) is 3.51. The lowest BCUT2D eigenvalue weighted by atomic mass is 9.89. The zero-order valence-corrected chi connectivity index (χ0v) is 10.1. The molecule has 2 heteroatoms. The molecule has 2 nitrogen and oxygen atoms in total. The summed E-state index contributed by atoms with van der Waals surface area (Å²) in [6.45, 7) is 4.18. The lowest BCUT2D eigenvalue weighted by Gasteiger charge is -2.14. The molecule has 2 atom stereocenters. The molecule has 0 saturated heterocycles. The van der Waals surface area contributed by atoms with Crippen molar-refractivity contribution >= 4 is 5.78 Å². The maximum Gasteiger partial charge on any atom is 0.144 e. The predicted octanol–water partition coefficient (Wildman–Crippen LogP) is 3.12. The molecule has 1 aromatic heterocycles. The number of hydrogen-bond donors (Lipinski definition) is 0. The molecule has 0 radical (unpaired) electrons. The molecule has 16 heavy (non-hydrogen) atoms. The van der Waals surface area contributed by atoms with E-state index in [9.17, 15) is 4.79 Å². The van der Waals surface area contributed by atoms with Crippen molar-refractivity contribution in [1.82, 2.24) is 4.98 Å². The summed E-state index contributed by atoms with van der Waals surface area (Å²) in [7, 11) is 0. The topological polar surface area (TPSA) is 30.0 Å². The fourth-order valence-corrected chi connectivity index (χ4v) is 2.61. The van der Waals surface area contributed by atoms with Gasteiger partial charge >= 0.3 is 0 Å². The van der Waals surface area contributed by atoms with E-state index in [1.165, 1.54) is 5.56 Å². The number of aromatic nitrogens is 1. The summed E-state index contributed by atoms with van der Waals surface area (Å²) in [5, 5.41) is 0. The van der Waals surface area contributed by atoms with Crippen LogP contribution >= 0.6 is 0 Å². The van der Waals surface area contributed by atoms with Crippen molar-refractivity contribution in [1.29, 1.82) is 0 Å². The third-order valence-corrected chi connectivity index (χ3v) is 3.51. The monoisotopic (exact) mass is 217 g/mol. The van der Waals surface area contributed by atoms with Gasteiger partial charge < -0.3 is 0 Å². The molecule has 86 valence electrons. The highest BCUT2D eigenvalue weighted by Gasteiger charge is 2.31. The van der Waals surface area contributed by atoms with Crippen LogP contribution in [0.15, 0.2) is 18.3 Å². The fraction of sp³-hybridized carbons (Fsp3) is 0.571. The zero-order valence-electron chi connectivity index (χ0n) is 10.1. The van der Waals surface area contributed by atoms with Gasteiger partial charge in [0.05, 0.1) is 11.6 Å². The van der Waals surface area contributed by atoms with Crippen LogP contribution < -0.4 is 0 Å². The number of Topliss-reactive ketones (excluding diaryl/α,β-unsaturated/α-hetero) is 1. The largest absolute Gasteiger partial charge is 0.299 e. The van der Waals surface area contributed by atoms with Gasteiger partial charge in [0.25, 0.3) is 0 Å². The van der Waals surface area contributed by atoms with E-state index >= 15 is 0 Å². The molecule has 1 aliphatic rings. The second-order valence-corrected chi connectivity index (χ2v) is 4.73. The SMILES string of the molecule is CCCC(C)C(=O)C1CCc2cccnc21. The number of carbonyl (C=O) groups excluding carboxylic acids is 1. The van der Waals surface area contributed by atoms with Crippen LogP contribution in [0, 0.1) is 5.92 Å². The highest BCUT2D eigenvalue weighted by molar-refractivity contribution is 5.88. The minimum absolute atomic E-state index is 0.0674. The van der Waals surface area contributed by atoms with E-state index in [0.717, 1.165) is 31.4 Å². The van der Waals surface area contributed by atoms with Crippen molar-refractivity contribution in [2.75, 3.05) is 0 Å².